The Kier molecular flexibility index (Phi) is 6.66. The molecule has 0 saturated carbocycles. The Morgan fingerprint density at radius 2 is 1.92 bits per heavy atom. The Hall–Kier alpha value is -1.21. The SMILES string of the molecule is CC(=O)N[C@H]1CN(Cc2ccccc2)[C@@H](CO)[C@@H]1O[Si](C)(C)C(C)(C)C. The number of nitrogens with zero attached hydrogens (tertiary/aromatic N) is 1. The topological polar surface area (TPSA) is 61.8 Å². The molecule has 3 atom stereocenters. The summed E-state index contributed by atoms with van der Waals surface area (Å²) >= 11 is 0. The second-order valence-electron chi connectivity index (χ2n) is 8.81. The lowest BCUT2D eigenvalue weighted by Gasteiger charge is -2.41. The van der Waals surface area contributed by atoms with Crippen LogP contribution in [0.5, 0.6) is 0 Å². The molecule has 1 aromatic rings. The van der Waals surface area contributed by atoms with Crippen LogP contribution in [0.3, 0.4) is 0 Å². The number of likely N-dealkylation sites (tertiary alicyclic amines) is 1. The molecule has 1 aliphatic heterocycles. The summed E-state index contributed by atoms with van der Waals surface area (Å²) in [6.07, 6.45) is -0.200. The molecular weight excluding hydrogens is 344 g/mol. The number of carbonyl (C=O) groups excluding carboxylic acids is 1. The van der Waals surface area contributed by atoms with Crippen LogP contribution in [-0.2, 0) is 15.8 Å². The van der Waals surface area contributed by atoms with Gasteiger partial charge in [-0.05, 0) is 23.7 Å². The van der Waals surface area contributed by atoms with Crippen LogP contribution in [-0.4, -0.2) is 55.6 Å². The number of nitrogens with one attached hydrogen (secondary N) is 1. The molecule has 1 aliphatic rings. The van der Waals surface area contributed by atoms with E-state index in [0.717, 1.165) is 6.54 Å². The van der Waals surface area contributed by atoms with Gasteiger partial charge in [-0.1, -0.05) is 51.1 Å². The van der Waals surface area contributed by atoms with Crippen LogP contribution in [0.1, 0.15) is 33.3 Å². The summed E-state index contributed by atoms with van der Waals surface area (Å²) in [4.78, 5) is 14.0. The molecular formula is C20H34N2O3Si. The number of rotatable bonds is 6. The molecule has 26 heavy (non-hydrogen) atoms. The van der Waals surface area contributed by atoms with E-state index in [-0.39, 0.29) is 35.7 Å². The van der Waals surface area contributed by atoms with Crippen molar-refractivity contribution in [3.63, 3.8) is 0 Å². The monoisotopic (exact) mass is 378 g/mol. The first-order valence-corrected chi connectivity index (χ1v) is 12.3. The van der Waals surface area contributed by atoms with Gasteiger partial charge in [0, 0.05) is 20.0 Å². The lowest BCUT2D eigenvalue weighted by Crippen LogP contribution is -2.53. The lowest BCUT2D eigenvalue weighted by molar-refractivity contribution is -0.120. The van der Waals surface area contributed by atoms with Gasteiger partial charge in [0.25, 0.3) is 0 Å². The highest BCUT2D eigenvalue weighted by Gasteiger charge is 2.48. The quantitative estimate of drug-likeness (QED) is 0.747. The summed E-state index contributed by atoms with van der Waals surface area (Å²) in [5.74, 6) is -0.0583. The van der Waals surface area contributed by atoms with E-state index in [1.165, 1.54) is 12.5 Å². The largest absolute Gasteiger partial charge is 0.410 e. The van der Waals surface area contributed by atoms with Crippen LogP contribution in [0.25, 0.3) is 0 Å². The van der Waals surface area contributed by atoms with Gasteiger partial charge < -0.3 is 14.8 Å². The highest BCUT2D eigenvalue weighted by Crippen LogP contribution is 2.39. The highest BCUT2D eigenvalue weighted by atomic mass is 28.4. The van der Waals surface area contributed by atoms with Gasteiger partial charge >= 0.3 is 0 Å². The van der Waals surface area contributed by atoms with Crippen molar-refractivity contribution in [2.24, 2.45) is 0 Å². The molecule has 146 valence electrons. The Balaban J connectivity index is 2.24. The van der Waals surface area contributed by atoms with Gasteiger partial charge in [-0.25, -0.2) is 0 Å². The van der Waals surface area contributed by atoms with Gasteiger partial charge in [-0.3, -0.25) is 9.69 Å². The number of aliphatic hydroxyl groups is 1. The number of aliphatic hydroxyl groups excluding tert-OH is 1. The van der Waals surface area contributed by atoms with Gasteiger partial charge in [0.15, 0.2) is 8.32 Å². The third-order valence-electron chi connectivity index (χ3n) is 5.72. The fraction of sp³-hybridized carbons (Fsp3) is 0.650. The normalized spacial score (nSPS) is 24.7. The number of hydrogen-bond donors (Lipinski definition) is 2. The molecule has 1 heterocycles. The van der Waals surface area contributed by atoms with Crippen LogP contribution in [0.15, 0.2) is 30.3 Å². The van der Waals surface area contributed by atoms with Gasteiger partial charge in [0.05, 0.1) is 24.8 Å². The Labute approximate surface area is 158 Å². The molecule has 5 nitrogen and oxygen atoms in total. The van der Waals surface area contributed by atoms with Gasteiger partial charge in [-0.2, -0.15) is 0 Å². The van der Waals surface area contributed by atoms with Crippen LogP contribution in [0.2, 0.25) is 18.1 Å². The average Bonchev–Trinajstić information content (AvgIpc) is 2.82. The summed E-state index contributed by atoms with van der Waals surface area (Å²) in [6.45, 7) is 14.0. The summed E-state index contributed by atoms with van der Waals surface area (Å²) in [7, 11) is -2.03. The van der Waals surface area contributed by atoms with Gasteiger partial charge in [0.2, 0.25) is 5.91 Å². The van der Waals surface area contributed by atoms with E-state index in [2.05, 4.69) is 56.2 Å². The summed E-state index contributed by atoms with van der Waals surface area (Å²) < 4.78 is 6.67. The van der Waals surface area contributed by atoms with Crippen molar-refractivity contribution in [3.05, 3.63) is 35.9 Å². The first-order valence-electron chi connectivity index (χ1n) is 9.39. The maximum atomic E-state index is 11.7. The summed E-state index contributed by atoms with van der Waals surface area (Å²) in [6, 6.07) is 9.99. The number of carbonyl (C=O) groups is 1. The molecule has 0 aliphatic carbocycles. The maximum absolute atomic E-state index is 11.7. The van der Waals surface area contributed by atoms with Crippen molar-refractivity contribution in [1.29, 1.82) is 0 Å². The van der Waals surface area contributed by atoms with E-state index < -0.39 is 8.32 Å². The minimum Gasteiger partial charge on any atom is -0.410 e. The standard InChI is InChI=1S/C20H34N2O3Si/c1-15(24)21-17-13-22(12-16-10-8-7-9-11-16)18(14-23)19(17)25-26(5,6)20(2,3)4/h7-11,17-19,23H,12-14H2,1-6H3,(H,21,24)/t17-,18-,19+/m0/s1. The predicted molar refractivity (Wildman–Crippen MR) is 107 cm³/mol. The zero-order chi connectivity index (χ0) is 19.5. The number of benzene rings is 1. The van der Waals surface area contributed by atoms with E-state index in [1.807, 2.05) is 18.2 Å². The van der Waals surface area contributed by atoms with E-state index >= 15 is 0 Å². The van der Waals surface area contributed by atoms with Gasteiger partial charge in [-0.15, -0.1) is 0 Å². The number of hydrogen-bond acceptors (Lipinski definition) is 4. The average molecular weight is 379 g/mol. The highest BCUT2D eigenvalue weighted by molar-refractivity contribution is 6.74. The molecule has 0 unspecified atom stereocenters. The van der Waals surface area contributed by atoms with Crippen LogP contribution in [0.4, 0.5) is 0 Å². The third kappa shape index (κ3) is 4.94. The first kappa shape index (κ1) is 21.1. The van der Waals surface area contributed by atoms with E-state index in [0.29, 0.717) is 6.54 Å². The molecule has 2 N–H and O–H groups in total. The zero-order valence-electron chi connectivity index (χ0n) is 17.0. The minimum absolute atomic E-state index is 0.0161. The van der Waals surface area contributed by atoms with E-state index in [4.69, 9.17) is 4.43 Å². The zero-order valence-corrected chi connectivity index (χ0v) is 18.0. The molecule has 0 radical (unpaired) electrons. The summed E-state index contributed by atoms with van der Waals surface area (Å²) in [5.41, 5.74) is 1.19. The molecule has 0 spiro atoms. The smallest absolute Gasteiger partial charge is 0.217 e. The lowest BCUT2D eigenvalue weighted by atomic mass is 10.1. The predicted octanol–water partition coefficient (Wildman–Crippen LogP) is 2.76. The Morgan fingerprint density at radius 1 is 1.31 bits per heavy atom. The van der Waals surface area contributed by atoms with E-state index in [1.54, 1.807) is 0 Å². The van der Waals surface area contributed by atoms with Crippen molar-refractivity contribution in [3.8, 4) is 0 Å². The molecule has 1 amide bonds. The molecule has 0 bridgehead atoms. The fourth-order valence-electron chi connectivity index (χ4n) is 3.25. The van der Waals surface area contributed by atoms with Crippen molar-refractivity contribution >= 4 is 14.2 Å². The molecule has 1 saturated heterocycles. The molecule has 6 heteroatoms. The second kappa shape index (κ2) is 8.21. The molecule has 2 rings (SSSR count). The second-order valence-corrected chi connectivity index (χ2v) is 13.6. The first-order chi connectivity index (χ1) is 12.0. The third-order valence-corrected chi connectivity index (χ3v) is 10.2. The Morgan fingerprint density at radius 3 is 2.42 bits per heavy atom. The number of amides is 1. The van der Waals surface area contributed by atoms with Crippen molar-refractivity contribution in [1.82, 2.24) is 10.2 Å². The van der Waals surface area contributed by atoms with Crippen molar-refractivity contribution in [2.75, 3.05) is 13.2 Å². The molecule has 0 aromatic heterocycles. The van der Waals surface area contributed by atoms with Crippen LogP contribution in [0, 0.1) is 0 Å². The van der Waals surface area contributed by atoms with Gasteiger partial charge in [0.1, 0.15) is 0 Å². The van der Waals surface area contributed by atoms with Crippen molar-refractivity contribution in [2.45, 2.75) is 70.6 Å². The molecule has 1 fully saturated rings. The summed E-state index contributed by atoms with van der Waals surface area (Å²) in [5, 5.41) is 13.2. The maximum Gasteiger partial charge on any atom is 0.217 e. The van der Waals surface area contributed by atoms with E-state index in [9.17, 15) is 9.90 Å². The minimum atomic E-state index is -2.03. The van der Waals surface area contributed by atoms with Crippen LogP contribution >= 0.6 is 0 Å². The Bertz CT molecular complexity index is 601. The van der Waals surface area contributed by atoms with Crippen LogP contribution < -0.4 is 5.32 Å². The molecule has 1 aromatic carbocycles. The fourth-order valence-corrected chi connectivity index (χ4v) is 4.61. The van der Waals surface area contributed by atoms with Crippen molar-refractivity contribution < 1.29 is 14.3 Å².